The van der Waals surface area contributed by atoms with Crippen molar-refractivity contribution in [3.8, 4) is 0 Å². The minimum atomic E-state index is -4.56. The number of benzene rings is 1. The predicted octanol–water partition coefficient (Wildman–Crippen LogP) is 2.31. The number of rotatable bonds is 3. The Kier molecular flexibility index (Phi) is 4.13. The Morgan fingerprint density at radius 3 is 2.30 bits per heavy atom. The average molecular weight is 283 g/mol. The summed E-state index contributed by atoms with van der Waals surface area (Å²) in [5.41, 5.74) is 5.51. The van der Waals surface area contributed by atoms with Crippen LogP contribution in [0, 0.1) is 0 Å². The maximum atomic E-state index is 12.7. The predicted molar refractivity (Wildman–Crippen MR) is 73.6 cm³/mol. The molecule has 1 saturated heterocycles. The van der Waals surface area contributed by atoms with Crippen molar-refractivity contribution in [1.29, 1.82) is 0 Å². The Bertz CT molecular complexity index is 526. The zero-order chi connectivity index (χ0) is 14.8. The summed E-state index contributed by atoms with van der Waals surface area (Å²) in [5.74, 6) is 0.441. The summed E-state index contributed by atoms with van der Waals surface area (Å²) in [6, 6.07) is 6.99. The molecule has 0 aromatic heterocycles. The molecule has 0 aliphatic carbocycles. The van der Waals surface area contributed by atoms with Gasteiger partial charge in [0.25, 0.3) is 0 Å². The van der Waals surface area contributed by atoms with Gasteiger partial charge in [0, 0.05) is 37.8 Å². The second-order valence-electron chi connectivity index (χ2n) is 4.69. The van der Waals surface area contributed by atoms with Crippen LogP contribution < -0.4 is 11.1 Å². The molecule has 3 nitrogen and oxygen atoms in total. The first-order valence-corrected chi connectivity index (χ1v) is 6.23. The van der Waals surface area contributed by atoms with Gasteiger partial charge in [0.2, 0.25) is 0 Å². The molecule has 1 heterocycles. The van der Waals surface area contributed by atoms with E-state index in [1.807, 2.05) is 12.1 Å². The smallest absolute Gasteiger partial charge is 0.394 e. The highest BCUT2D eigenvalue weighted by atomic mass is 19.4. The summed E-state index contributed by atoms with van der Waals surface area (Å²) in [6.45, 7) is 1.81. The molecule has 0 atom stereocenters. The molecule has 1 aliphatic rings. The molecule has 20 heavy (non-hydrogen) atoms. The molecular formula is C14H16F3N3. The Hall–Kier alpha value is -1.82. The molecule has 1 aromatic rings. The van der Waals surface area contributed by atoms with Gasteiger partial charge in [0.05, 0.1) is 0 Å². The Labute approximate surface area is 115 Å². The van der Waals surface area contributed by atoms with Gasteiger partial charge in [-0.25, -0.2) is 0 Å². The van der Waals surface area contributed by atoms with Crippen LogP contribution in [0.15, 0.2) is 35.0 Å². The summed E-state index contributed by atoms with van der Waals surface area (Å²) in [5, 5.41) is 3.16. The Morgan fingerprint density at radius 2 is 1.90 bits per heavy atom. The van der Waals surface area contributed by atoms with Crippen LogP contribution >= 0.6 is 0 Å². The van der Waals surface area contributed by atoms with Crippen molar-refractivity contribution in [3.05, 3.63) is 41.1 Å². The lowest BCUT2D eigenvalue weighted by atomic mass is 9.92. The molecule has 3 N–H and O–H groups in total. The van der Waals surface area contributed by atoms with E-state index >= 15 is 0 Å². The normalized spacial score (nSPS) is 18.0. The van der Waals surface area contributed by atoms with E-state index in [0.29, 0.717) is 11.5 Å². The first-order valence-electron chi connectivity index (χ1n) is 6.23. The van der Waals surface area contributed by atoms with Crippen LogP contribution in [0.4, 0.5) is 13.2 Å². The van der Waals surface area contributed by atoms with Crippen molar-refractivity contribution in [2.75, 3.05) is 20.1 Å². The van der Waals surface area contributed by atoms with Gasteiger partial charge in [-0.15, -0.1) is 0 Å². The van der Waals surface area contributed by atoms with Crippen molar-refractivity contribution in [1.82, 2.24) is 5.32 Å². The number of allylic oxidation sites excluding steroid dienone is 2. The molecule has 6 heteroatoms. The Morgan fingerprint density at radius 1 is 1.30 bits per heavy atom. The van der Waals surface area contributed by atoms with Crippen LogP contribution in [0.5, 0.6) is 0 Å². The van der Waals surface area contributed by atoms with Crippen LogP contribution in [0.1, 0.15) is 17.0 Å². The molecule has 1 fully saturated rings. The summed E-state index contributed by atoms with van der Waals surface area (Å²) in [6.07, 6.45) is -3.42. The van der Waals surface area contributed by atoms with E-state index in [2.05, 4.69) is 10.3 Å². The summed E-state index contributed by atoms with van der Waals surface area (Å²) in [4.78, 5) is 3.66. The number of nitrogens with zero attached hydrogens (tertiary/aromatic N) is 1. The van der Waals surface area contributed by atoms with Crippen LogP contribution in [0.3, 0.4) is 0 Å². The number of alkyl halides is 3. The minimum Gasteiger partial charge on any atom is -0.394 e. The van der Waals surface area contributed by atoms with E-state index in [1.54, 1.807) is 12.1 Å². The van der Waals surface area contributed by atoms with E-state index < -0.39 is 11.9 Å². The van der Waals surface area contributed by atoms with Gasteiger partial charge >= 0.3 is 6.18 Å². The summed E-state index contributed by atoms with van der Waals surface area (Å²) in [7, 11) is 1.41. The highest BCUT2D eigenvalue weighted by molar-refractivity contribution is 6.11. The fraction of sp³-hybridized carbons (Fsp3) is 0.357. The van der Waals surface area contributed by atoms with E-state index in [4.69, 9.17) is 5.73 Å². The van der Waals surface area contributed by atoms with Gasteiger partial charge < -0.3 is 11.1 Å². The Balaban J connectivity index is 2.35. The van der Waals surface area contributed by atoms with E-state index in [1.165, 1.54) is 7.05 Å². The zero-order valence-corrected chi connectivity index (χ0v) is 11.0. The van der Waals surface area contributed by atoms with E-state index in [0.717, 1.165) is 24.9 Å². The third-order valence-corrected chi connectivity index (χ3v) is 3.33. The van der Waals surface area contributed by atoms with Gasteiger partial charge in [0.15, 0.2) is 0 Å². The van der Waals surface area contributed by atoms with Crippen LogP contribution in [0.2, 0.25) is 0 Å². The molecule has 0 saturated carbocycles. The van der Waals surface area contributed by atoms with Crippen molar-refractivity contribution in [3.63, 3.8) is 0 Å². The standard InChI is InChI=1S/C14H16F3N3/c1-19-8-12(13(18)14(15,16)17)10-4-2-9(3-5-10)11-6-20-7-11/h2-5,8,11,20H,6-7,18H2,1H3/b13-12+,19-8?. The molecule has 0 radical (unpaired) electrons. The zero-order valence-electron chi connectivity index (χ0n) is 11.0. The maximum Gasteiger partial charge on any atom is 0.431 e. The van der Waals surface area contributed by atoms with Crippen molar-refractivity contribution in [2.24, 2.45) is 10.7 Å². The van der Waals surface area contributed by atoms with Gasteiger partial charge in [0.1, 0.15) is 5.70 Å². The van der Waals surface area contributed by atoms with Gasteiger partial charge in [-0.1, -0.05) is 24.3 Å². The lowest BCUT2D eigenvalue weighted by Crippen LogP contribution is -2.39. The van der Waals surface area contributed by atoms with Crippen LogP contribution in [0.25, 0.3) is 5.57 Å². The first-order chi connectivity index (χ1) is 9.43. The van der Waals surface area contributed by atoms with E-state index in [9.17, 15) is 13.2 Å². The molecule has 1 aromatic carbocycles. The molecule has 0 unspecified atom stereocenters. The summed E-state index contributed by atoms with van der Waals surface area (Å²) < 4.78 is 38.2. The lowest BCUT2D eigenvalue weighted by molar-refractivity contribution is -0.0918. The number of hydrogen-bond donors (Lipinski definition) is 2. The second-order valence-corrected chi connectivity index (χ2v) is 4.69. The molecule has 108 valence electrons. The fourth-order valence-corrected chi connectivity index (χ4v) is 2.04. The highest BCUT2D eigenvalue weighted by Crippen LogP contribution is 2.29. The lowest BCUT2D eigenvalue weighted by Gasteiger charge is -2.27. The number of nitrogens with two attached hydrogens (primary N) is 1. The molecule has 0 bridgehead atoms. The van der Waals surface area contributed by atoms with E-state index in [-0.39, 0.29) is 5.57 Å². The van der Waals surface area contributed by atoms with Crippen molar-refractivity contribution in [2.45, 2.75) is 12.1 Å². The third kappa shape index (κ3) is 3.01. The van der Waals surface area contributed by atoms with Crippen LogP contribution in [-0.4, -0.2) is 32.5 Å². The minimum absolute atomic E-state index is 0.0988. The molecular weight excluding hydrogens is 267 g/mol. The number of hydrogen-bond acceptors (Lipinski definition) is 3. The average Bonchev–Trinajstić information content (AvgIpc) is 2.33. The maximum absolute atomic E-state index is 12.7. The second kappa shape index (κ2) is 5.66. The monoisotopic (exact) mass is 283 g/mol. The van der Waals surface area contributed by atoms with Crippen molar-refractivity contribution >= 4 is 11.8 Å². The topological polar surface area (TPSA) is 50.4 Å². The molecule has 2 rings (SSSR count). The summed E-state index contributed by atoms with van der Waals surface area (Å²) >= 11 is 0. The third-order valence-electron chi connectivity index (χ3n) is 3.33. The van der Waals surface area contributed by atoms with Gasteiger partial charge in [-0.2, -0.15) is 13.2 Å². The fourth-order valence-electron chi connectivity index (χ4n) is 2.04. The highest BCUT2D eigenvalue weighted by Gasteiger charge is 2.34. The SMILES string of the molecule is CN=C/C(=C(\N)C(F)(F)F)c1ccc(C2CNC2)cc1. The molecule has 0 spiro atoms. The molecule has 1 aliphatic heterocycles. The number of halogens is 3. The quantitative estimate of drug-likeness (QED) is 0.836. The molecule has 0 amide bonds. The number of aliphatic imine (C=N–C) groups is 1. The van der Waals surface area contributed by atoms with Crippen molar-refractivity contribution < 1.29 is 13.2 Å². The largest absolute Gasteiger partial charge is 0.431 e. The number of nitrogens with one attached hydrogen (secondary N) is 1. The first kappa shape index (κ1) is 14.6. The van der Waals surface area contributed by atoms with Crippen LogP contribution in [-0.2, 0) is 0 Å². The van der Waals surface area contributed by atoms with Gasteiger partial charge in [-0.05, 0) is 11.1 Å². The van der Waals surface area contributed by atoms with Gasteiger partial charge in [-0.3, -0.25) is 4.99 Å².